The fourth-order valence-electron chi connectivity index (χ4n) is 3.15. The summed E-state index contributed by atoms with van der Waals surface area (Å²) in [6.07, 6.45) is 0.941. The molecular formula is C20H32ClIN4O. The molecule has 0 aromatic heterocycles. The van der Waals surface area contributed by atoms with Crippen LogP contribution >= 0.6 is 35.6 Å². The Morgan fingerprint density at radius 1 is 1.41 bits per heavy atom. The Balaban J connectivity index is 0.00000364. The third-order valence-electron chi connectivity index (χ3n) is 4.86. The van der Waals surface area contributed by atoms with Crippen molar-refractivity contribution in [3.63, 3.8) is 0 Å². The molecule has 2 N–H and O–H groups in total. The molecule has 1 atom stereocenters. The van der Waals surface area contributed by atoms with E-state index >= 15 is 0 Å². The normalized spacial score (nSPS) is 17.7. The molecule has 0 saturated carbocycles. The first-order valence-corrected chi connectivity index (χ1v) is 9.62. The van der Waals surface area contributed by atoms with Gasteiger partial charge in [0.05, 0.1) is 0 Å². The monoisotopic (exact) mass is 506 g/mol. The molecule has 0 bridgehead atoms. The summed E-state index contributed by atoms with van der Waals surface area (Å²) in [5.41, 5.74) is 1.10. The van der Waals surface area contributed by atoms with Crippen LogP contribution in [0, 0.1) is 5.92 Å². The van der Waals surface area contributed by atoms with Crippen LogP contribution in [-0.4, -0.2) is 49.5 Å². The molecule has 0 aliphatic carbocycles. The first kappa shape index (κ1) is 24.0. The number of carbonyl (C=O) groups is 1. The number of nitrogens with zero attached hydrogens (tertiary/aromatic N) is 2. The zero-order chi connectivity index (χ0) is 19.3. The molecule has 7 heteroatoms. The Morgan fingerprint density at radius 3 is 2.70 bits per heavy atom. The minimum atomic E-state index is -0.0855. The number of carbonyl (C=O) groups excluding carboxylic acids is 1. The molecule has 1 fully saturated rings. The average molecular weight is 507 g/mol. The van der Waals surface area contributed by atoms with Crippen LogP contribution in [0.4, 0.5) is 0 Å². The van der Waals surface area contributed by atoms with Gasteiger partial charge in [-0.1, -0.05) is 51.4 Å². The van der Waals surface area contributed by atoms with Crippen LogP contribution in [0.5, 0.6) is 0 Å². The molecule has 0 spiro atoms. The number of nitrogens with one attached hydrogen (secondary N) is 2. The Bertz CT molecular complexity index is 663. The molecule has 1 aliphatic heterocycles. The molecule has 2 rings (SSSR count). The number of hydrogen-bond acceptors (Lipinski definition) is 2. The van der Waals surface area contributed by atoms with Gasteiger partial charge in [0, 0.05) is 49.1 Å². The van der Waals surface area contributed by atoms with Gasteiger partial charge in [0.2, 0.25) is 5.91 Å². The minimum absolute atomic E-state index is 0. The first-order chi connectivity index (χ1) is 12.2. The van der Waals surface area contributed by atoms with E-state index in [0.717, 1.165) is 37.0 Å². The highest BCUT2D eigenvalue weighted by atomic mass is 127. The predicted molar refractivity (Wildman–Crippen MR) is 124 cm³/mol. The maximum absolute atomic E-state index is 12.1. The van der Waals surface area contributed by atoms with Gasteiger partial charge < -0.3 is 15.5 Å². The fraction of sp³-hybridized carbons (Fsp3) is 0.600. The SMILES string of the molecule is CN=C(NCC(C)(C)c1cccc(Cl)c1)NC1CCN(C(=O)C(C)C)C1.I. The second-order valence-corrected chi connectivity index (χ2v) is 8.33. The summed E-state index contributed by atoms with van der Waals surface area (Å²) in [5.74, 6) is 1.04. The van der Waals surface area contributed by atoms with Crippen molar-refractivity contribution in [2.24, 2.45) is 10.9 Å². The summed E-state index contributed by atoms with van der Waals surface area (Å²) in [4.78, 5) is 18.4. The van der Waals surface area contributed by atoms with Gasteiger partial charge in [-0.2, -0.15) is 0 Å². The molecule has 1 heterocycles. The van der Waals surface area contributed by atoms with Gasteiger partial charge in [-0.15, -0.1) is 24.0 Å². The van der Waals surface area contributed by atoms with E-state index in [-0.39, 0.29) is 47.3 Å². The number of hydrogen-bond donors (Lipinski definition) is 2. The Kier molecular flexibility index (Phi) is 9.34. The second kappa shape index (κ2) is 10.5. The summed E-state index contributed by atoms with van der Waals surface area (Å²) in [6.45, 7) is 10.5. The molecule has 0 radical (unpaired) electrons. The van der Waals surface area contributed by atoms with Crippen LogP contribution in [0.2, 0.25) is 5.02 Å². The number of guanidine groups is 1. The molecule has 1 saturated heterocycles. The van der Waals surface area contributed by atoms with Crippen LogP contribution in [0.1, 0.15) is 39.7 Å². The third kappa shape index (κ3) is 6.82. The highest BCUT2D eigenvalue weighted by molar-refractivity contribution is 14.0. The molecule has 1 aromatic rings. The van der Waals surface area contributed by atoms with Gasteiger partial charge >= 0.3 is 0 Å². The highest BCUT2D eigenvalue weighted by Gasteiger charge is 2.28. The number of likely N-dealkylation sites (tertiary alicyclic amines) is 1. The first-order valence-electron chi connectivity index (χ1n) is 9.25. The molecular weight excluding hydrogens is 475 g/mol. The fourth-order valence-corrected chi connectivity index (χ4v) is 3.34. The van der Waals surface area contributed by atoms with Gasteiger partial charge in [-0.05, 0) is 24.1 Å². The van der Waals surface area contributed by atoms with Crippen molar-refractivity contribution in [3.8, 4) is 0 Å². The van der Waals surface area contributed by atoms with Gasteiger partial charge in [0.1, 0.15) is 0 Å². The van der Waals surface area contributed by atoms with Crippen LogP contribution < -0.4 is 10.6 Å². The smallest absolute Gasteiger partial charge is 0.225 e. The van der Waals surface area contributed by atoms with Gasteiger partial charge in [-0.3, -0.25) is 9.79 Å². The number of rotatable bonds is 5. The quantitative estimate of drug-likeness (QED) is 0.364. The summed E-state index contributed by atoms with van der Waals surface area (Å²) in [7, 11) is 1.77. The predicted octanol–water partition coefficient (Wildman–Crippen LogP) is 3.66. The maximum Gasteiger partial charge on any atom is 0.225 e. The largest absolute Gasteiger partial charge is 0.356 e. The Labute approximate surface area is 185 Å². The van der Waals surface area contributed by atoms with E-state index in [4.69, 9.17) is 11.6 Å². The lowest BCUT2D eigenvalue weighted by Gasteiger charge is -2.28. The van der Waals surface area contributed by atoms with Crippen molar-refractivity contribution < 1.29 is 4.79 Å². The van der Waals surface area contributed by atoms with E-state index in [2.05, 4.69) is 35.5 Å². The van der Waals surface area contributed by atoms with Crippen molar-refractivity contribution in [1.29, 1.82) is 0 Å². The van der Waals surface area contributed by atoms with Crippen molar-refractivity contribution in [2.75, 3.05) is 26.7 Å². The van der Waals surface area contributed by atoms with Gasteiger partial charge in [0.25, 0.3) is 0 Å². The summed E-state index contributed by atoms with van der Waals surface area (Å²) in [6, 6.07) is 8.20. The van der Waals surface area contributed by atoms with E-state index in [1.807, 2.05) is 36.9 Å². The number of aliphatic imine (C=N–C) groups is 1. The van der Waals surface area contributed by atoms with E-state index < -0.39 is 0 Å². The van der Waals surface area contributed by atoms with E-state index in [0.29, 0.717) is 0 Å². The van der Waals surface area contributed by atoms with E-state index in [1.54, 1.807) is 7.05 Å². The van der Waals surface area contributed by atoms with Crippen molar-refractivity contribution in [1.82, 2.24) is 15.5 Å². The highest BCUT2D eigenvalue weighted by Crippen LogP contribution is 2.24. The lowest BCUT2D eigenvalue weighted by atomic mass is 9.84. The van der Waals surface area contributed by atoms with E-state index in [1.165, 1.54) is 5.56 Å². The molecule has 1 amide bonds. The third-order valence-corrected chi connectivity index (χ3v) is 5.10. The average Bonchev–Trinajstić information content (AvgIpc) is 3.06. The number of benzene rings is 1. The minimum Gasteiger partial charge on any atom is -0.356 e. The van der Waals surface area contributed by atoms with Crippen LogP contribution in [0.25, 0.3) is 0 Å². The van der Waals surface area contributed by atoms with Crippen LogP contribution in [-0.2, 0) is 10.2 Å². The molecule has 27 heavy (non-hydrogen) atoms. The Morgan fingerprint density at radius 2 is 2.11 bits per heavy atom. The van der Waals surface area contributed by atoms with Crippen molar-refractivity contribution in [2.45, 2.75) is 45.6 Å². The lowest BCUT2D eigenvalue weighted by Crippen LogP contribution is -2.48. The molecule has 1 aliphatic rings. The summed E-state index contributed by atoms with van der Waals surface area (Å²) >= 11 is 6.13. The van der Waals surface area contributed by atoms with E-state index in [9.17, 15) is 4.79 Å². The van der Waals surface area contributed by atoms with Crippen molar-refractivity contribution >= 4 is 47.4 Å². The summed E-state index contributed by atoms with van der Waals surface area (Å²) in [5, 5.41) is 7.61. The van der Waals surface area contributed by atoms with Crippen LogP contribution in [0.15, 0.2) is 29.3 Å². The second-order valence-electron chi connectivity index (χ2n) is 7.89. The lowest BCUT2D eigenvalue weighted by molar-refractivity contribution is -0.133. The standard InChI is InChI=1S/C20H31ClN4O.HI/c1-14(2)18(26)25-10-9-17(12-25)24-19(22-5)23-13-20(3,4)15-7-6-8-16(21)11-15;/h6-8,11,14,17H,9-10,12-13H2,1-5H3,(H2,22,23,24);1H. The van der Waals surface area contributed by atoms with Gasteiger partial charge in [-0.25, -0.2) is 0 Å². The molecule has 5 nitrogen and oxygen atoms in total. The Hall–Kier alpha value is -1.02. The number of halogens is 2. The van der Waals surface area contributed by atoms with Gasteiger partial charge in [0.15, 0.2) is 5.96 Å². The number of amides is 1. The maximum atomic E-state index is 12.1. The molecule has 1 unspecified atom stereocenters. The van der Waals surface area contributed by atoms with Crippen molar-refractivity contribution in [3.05, 3.63) is 34.9 Å². The summed E-state index contributed by atoms with van der Waals surface area (Å²) < 4.78 is 0. The molecule has 152 valence electrons. The topological polar surface area (TPSA) is 56.7 Å². The van der Waals surface area contributed by atoms with Crippen LogP contribution in [0.3, 0.4) is 0 Å². The zero-order valence-corrected chi connectivity index (χ0v) is 20.0. The zero-order valence-electron chi connectivity index (χ0n) is 16.9. The molecule has 1 aromatic carbocycles.